The van der Waals surface area contributed by atoms with Gasteiger partial charge in [-0.3, -0.25) is 4.79 Å². The van der Waals surface area contributed by atoms with E-state index in [1.165, 1.54) is 12.1 Å². The molecule has 0 saturated carbocycles. The molecule has 3 aromatic rings. The van der Waals surface area contributed by atoms with Crippen molar-refractivity contribution in [3.05, 3.63) is 77.2 Å². The highest BCUT2D eigenvalue weighted by Gasteiger charge is 2.19. The molecule has 1 N–H and O–H groups in total. The van der Waals surface area contributed by atoms with Crippen LogP contribution in [0.4, 0.5) is 8.78 Å². The number of amides is 1. The number of carbonyl (C=O) groups excluding carboxylic acids is 1. The number of rotatable bonds is 8. The highest BCUT2D eigenvalue weighted by Crippen LogP contribution is 2.29. The van der Waals surface area contributed by atoms with Crippen LogP contribution in [0.5, 0.6) is 17.2 Å². The molecule has 8 heteroatoms. The minimum atomic E-state index is -0.819. The number of hydrogen-bond acceptors (Lipinski definition) is 5. The van der Waals surface area contributed by atoms with E-state index in [1.807, 2.05) is 0 Å². The molecule has 1 aromatic heterocycles. The van der Waals surface area contributed by atoms with Gasteiger partial charge in [0.15, 0.2) is 17.3 Å². The number of ether oxygens (including phenoxy) is 3. The van der Waals surface area contributed by atoms with E-state index in [2.05, 4.69) is 5.32 Å². The van der Waals surface area contributed by atoms with Crippen LogP contribution in [0.1, 0.15) is 34.8 Å². The molecule has 0 aliphatic carbocycles. The summed E-state index contributed by atoms with van der Waals surface area (Å²) in [6.45, 7) is 1.69. The molecule has 0 aliphatic rings. The van der Waals surface area contributed by atoms with Crippen LogP contribution in [0.15, 0.2) is 52.9 Å². The van der Waals surface area contributed by atoms with Gasteiger partial charge in [-0.2, -0.15) is 0 Å². The zero-order chi connectivity index (χ0) is 21.7. The van der Waals surface area contributed by atoms with Gasteiger partial charge in [0.25, 0.3) is 5.91 Å². The molecular weight excluding hydrogens is 396 g/mol. The predicted molar refractivity (Wildman–Crippen MR) is 105 cm³/mol. The van der Waals surface area contributed by atoms with E-state index >= 15 is 0 Å². The summed E-state index contributed by atoms with van der Waals surface area (Å²) in [5.41, 5.74) is 0.743. The largest absolute Gasteiger partial charge is 0.497 e. The first kappa shape index (κ1) is 21.2. The minimum absolute atomic E-state index is 0.0712. The lowest BCUT2D eigenvalue weighted by molar-refractivity contribution is 0.0907. The van der Waals surface area contributed by atoms with E-state index in [1.54, 1.807) is 45.4 Å². The summed E-state index contributed by atoms with van der Waals surface area (Å²) in [4.78, 5) is 12.5. The Morgan fingerprint density at radius 1 is 1.03 bits per heavy atom. The number of halogens is 2. The fourth-order valence-corrected chi connectivity index (χ4v) is 2.84. The summed E-state index contributed by atoms with van der Waals surface area (Å²) in [5.74, 6) is -0.434. The second kappa shape index (κ2) is 9.30. The Balaban J connectivity index is 1.65. The van der Waals surface area contributed by atoms with Crippen LogP contribution >= 0.6 is 0 Å². The van der Waals surface area contributed by atoms with Crippen molar-refractivity contribution < 1.29 is 32.2 Å². The molecule has 3 rings (SSSR count). The van der Waals surface area contributed by atoms with E-state index in [-0.39, 0.29) is 24.2 Å². The standard InChI is InChI=1S/C22H21F2NO5/c1-13(17-11-15(27-2)5-8-19(17)28-3)25-22(26)21-9-6-16(30-21)12-29-20-7-4-14(23)10-18(20)24/h4-11,13H,12H2,1-3H3,(H,25,26). The average molecular weight is 417 g/mol. The zero-order valence-electron chi connectivity index (χ0n) is 16.7. The monoisotopic (exact) mass is 417 g/mol. The summed E-state index contributed by atoms with van der Waals surface area (Å²) in [7, 11) is 3.10. The fourth-order valence-electron chi connectivity index (χ4n) is 2.84. The lowest BCUT2D eigenvalue weighted by atomic mass is 10.1. The molecule has 0 radical (unpaired) electrons. The van der Waals surface area contributed by atoms with Crippen LogP contribution in [0.2, 0.25) is 0 Å². The van der Waals surface area contributed by atoms with Gasteiger partial charge in [-0.15, -0.1) is 0 Å². The maximum atomic E-state index is 13.6. The molecule has 1 heterocycles. The molecule has 0 bridgehead atoms. The second-order valence-corrected chi connectivity index (χ2v) is 6.43. The van der Waals surface area contributed by atoms with Crippen molar-refractivity contribution in [2.45, 2.75) is 19.6 Å². The lowest BCUT2D eigenvalue weighted by Crippen LogP contribution is -2.26. The number of methoxy groups -OCH3 is 2. The van der Waals surface area contributed by atoms with E-state index in [4.69, 9.17) is 18.6 Å². The van der Waals surface area contributed by atoms with E-state index < -0.39 is 17.5 Å². The Kier molecular flexibility index (Phi) is 6.56. The summed E-state index contributed by atoms with van der Waals surface area (Å²) in [6, 6.07) is 11.0. The van der Waals surface area contributed by atoms with Gasteiger partial charge in [-0.25, -0.2) is 8.78 Å². The molecule has 0 saturated heterocycles. The molecule has 30 heavy (non-hydrogen) atoms. The Morgan fingerprint density at radius 3 is 2.50 bits per heavy atom. The van der Waals surface area contributed by atoms with Crippen molar-refractivity contribution in [3.8, 4) is 17.2 Å². The number of furan rings is 1. The van der Waals surface area contributed by atoms with Crippen molar-refractivity contribution >= 4 is 5.91 Å². The smallest absolute Gasteiger partial charge is 0.287 e. The third-order valence-corrected chi connectivity index (χ3v) is 4.40. The van der Waals surface area contributed by atoms with Crippen molar-refractivity contribution in [1.82, 2.24) is 5.32 Å². The Hall–Kier alpha value is -3.55. The van der Waals surface area contributed by atoms with Crippen LogP contribution in [-0.4, -0.2) is 20.1 Å². The first-order valence-corrected chi connectivity index (χ1v) is 9.10. The van der Waals surface area contributed by atoms with Crippen LogP contribution < -0.4 is 19.5 Å². The van der Waals surface area contributed by atoms with E-state index in [9.17, 15) is 13.6 Å². The van der Waals surface area contributed by atoms with Crippen molar-refractivity contribution in [1.29, 1.82) is 0 Å². The van der Waals surface area contributed by atoms with Crippen molar-refractivity contribution in [2.75, 3.05) is 14.2 Å². The molecule has 6 nitrogen and oxygen atoms in total. The number of carbonyl (C=O) groups is 1. The molecule has 1 amide bonds. The molecule has 1 unspecified atom stereocenters. The Labute approximate surface area is 172 Å². The van der Waals surface area contributed by atoms with Gasteiger partial charge in [0.05, 0.1) is 20.3 Å². The lowest BCUT2D eigenvalue weighted by Gasteiger charge is -2.17. The summed E-state index contributed by atoms with van der Waals surface area (Å²) < 4.78 is 47.9. The van der Waals surface area contributed by atoms with Gasteiger partial charge in [-0.1, -0.05) is 0 Å². The van der Waals surface area contributed by atoms with Gasteiger partial charge < -0.3 is 23.9 Å². The quantitative estimate of drug-likeness (QED) is 0.578. The topological polar surface area (TPSA) is 69.9 Å². The van der Waals surface area contributed by atoms with Gasteiger partial charge in [0.2, 0.25) is 0 Å². The van der Waals surface area contributed by atoms with E-state index in [0.29, 0.717) is 17.3 Å². The fraction of sp³-hybridized carbons (Fsp3) is 0.227. The van der Waals surface area contributed by atoms with Gasteiger partial charge in [0, 0.05) is 11.6 Å². The zero-order valence-corrected chi connectivity index (χ0v) is 16.7. The molecular formula is C22H21F2NO5. The van der Waals surface area contributed by atoms with Gasteiger partial charge in [-0.05, 0) is 49.4 Å². The van der Waals surface area contributed by atoms with Gasteiger partial charge in [0.1, 0.15) is 29.7 Å². The predicted octanol–water partition coefficient (Wildman–Crippen LogP) is 4.65. The second-order valence-electron chi connectivity index (χ2n) is 6.43. The Morgan fingerprint density at radius 2 is 1.80 bits per heavy atom. The maximum Gasteiger partial charge on any atom is 0.287 e. The molecule has 0 aliphatic heterocycles. The highest BCUT2D eigenvalue weighted by molar-refractivity contribution is 5.91. The normalized spacial score (nSPS) is 11.6. The number of nitrogens with one attached hydrogen (secondary N) is 1. The first-order valence-electron chi connectivity index (χ1n) is 9.10. The van der Waals surface area contributed by atoms with Crippen molar-refractivity contribution in [3.63, 3.8) is 0 Å². The first-order chi connectivity index (χ1) is 14.4. The van der Waals surface area contributed by atoms with Crippen LogP contribution in [0.25, 0.3) is 0 Å². The molecule has 1 atom stereocenters. The minimum Gasteiger partial charge on any atom is -0.497 e. The molecule has 0 spiro atoms. The Bertz CT molecular complexity index is 1030. The molecule has 158 valence electrons. The van der Waals surface area contributed by atoms with Crippen LogP contribution in [0.3, 0.4) is 0 Å². The van der Waals surface area contributed by atoms with E-state index in [0.717, 1.165) is 17.7 Å². The summed E-state index contributed by atoms with van der Waals surface area (Å²) in [6.07, 6.45) is 0. The average Bonchev–Trinajstić information content (AvgIpc) is 3.21. The van der Waals surface area contributed by atoms with Crippen molar-refractivity contribution in [2.24, 2.45) is 0 Å². The molecule has 2 aromatic carbocycles. The number of hydrogen-bond donors (Lipinski definition) is 1. The highest BCUT2D eigenvalue weighted by atomic mass is 19.1. The van der Waals surface area contributed by atoms with Crippen LogP contribution in [-0.2, 0) is 6.61 Å². The summed E-state index contributed by atoms with van der Waals surface area (Å²) >= 11 is 0. The van der Waals surface area contributed by atoms with Crippen LogP contribution in [0, 0.1) is 11.6 Å². The maximum absolute atomic E-state index is 13.6. The molecule has 0 fully saturated rings. The third-order valence-electron chi connectivity index (χ3n) is 4.40. The summed E-state index contributed by atoms with van der Waals surface area (Å²) in [5, 5.41) is 2.83. The third kappa shape index (κ3) is 4.89. The number of benzene rings is 2. The SMILES string of the molecule is COc1ccc(OC)c(C(C)NC(=O)c2ccc(COc3ccc(F)cc3F)o2)c1. The van der Waals surface area contributed by atoms with Gasteiger partial charge >= 0.3 is 0 Å².